The van der Waals surface area contributed by atoms with Crippen molar-refractivity contribution in [1.29, 1.82) is 0 Å². The molecule has 1 atom stereocenters. The molecule has 4 rings (SSSR count). The highest BCUT2D eigenvalue weighted by Crippen LogP contribution is 2.28. The highest BCUT2D eigenvalue weighted by molar-refractivity contribution is 7.13. The number of hydrogen-bond donors (Lipinski definition) is 1. The smallest absolute Gasteiger partial charge is 0.246 e. The van der Waals surface area contributed by atoms with Crippen LogP contribution in [0.3, 0.4) is 0 Å². The van der Waals surface area contributed by atoms with Crippen LogP contribution in [0.5, 0.6) is 0 Å². The van der Waals surface area contributed by atoms with Gasteiger partial charge in [-0.05, 0) is 25.5 Å². The third-order valence-corrected chi connectivity index (χ3v) is 5.39. The van der Waals surface area contributed by atoms with Crippen LogP contribution in [-0.2, 0) is 11.8 Å². The van der Waals surface area contributed by atoms with Crippen molar-refractivity contribution < 1.29 is 4.79 Å². The summed E-state index contributed by atoms with van der Waals surface area (Å²) in [5.74, 6) is 1.65. The molecule has 0 saturated carbocycles. The summed E-state index contributed by atoms with van der Waals surface area (Å²) in [6.45, 7) is 3.25. The lowest BCUT2D eigenvalue weighted by atomic mass is 10.0. The number of rotatable bonds is 5. The van der Waals surface area contributed by atoms with Crippen molar-refractivity contribution in [2.45, 2.75) is 19.3 Å². The monoisotopic (exact) mass is 395 g/mol. The molecule has 0 spiro atoms. The van der Waals surface area contributed by atoms with E-state index in [2.05, 4.69) is 25.4 Å². The highest BCUT2D eigenvalue weighted by atomic mass is 32.1. The van der Waals surface area contributed by atoms with E-state index >= 15 is 0 Å². The second-order valence-corrected chi connectivity index (χ2v) is 7.56. The van der Waals surface area contributed by atoms with E-state index in [-0.39, 0.29) is 11.8 Å². The minimum atomic E-state index is 0.00983. The number of hydrogen-bond acceptors (Lipinski definition) is 7. The largest absolute Gasteiger partial charge is 0.338 e. The standard InChI is InChI=1S/C19H21N7OS/c1-13-22-16(11-17(23-13)24-19-20-8-10-28-19)14-6-9-26(12-14)18(27)4-3-15-5-7-21-25(15)2/h3-5,7-8,10-11,14H,6,9,12H2,1-2H3,(H,20,22,23,24)/b4-3+/t14-/m1/s1. The number of anilines is 2. The average molecular weight is 395 g/mol. The molecule has 1 saturated heterocycles. The second-order valence-electron chi connectivity index (χ2n) is 6.67. The van der Waals surface area contributed by atoms with E-state index in [1.54, 1.807) is 29.2 Å². The zero-order valence-electron chi connectivity index (χ0n) is 15.7. The van der Waals surface area contributed by atoms with Gasteiger partial charge >= 0.3 is 0 Å². The topological polar surface area (TPSA) is 88.8 Å². The minimum absolute atomic E-state index is 0.00983. The van der Waals surface area contributed by atoms with Crippen LogP contribution in [0.15, 0.2) is 36.0 Å². The molecule has 0 unspecified atom stereocenters. The van der Waals surface area contributed by atoms with Gasteiger partial charge in [0.1, 0.15) is 11.6 Å². The number of amides is 1. The normalized spacial score (nSPS) is 16.8. The molecule has 1 amide bonds. The maximum atomic E-state index is 12.5. The lowest BCUT2D eigenvalue weighted by Gasteiger charge is -2.15. The van der Waals surface area contributed by atoms with E-state index in [9.17, 15) is 4.79 Å². The highest BCUT2D eigenvalue weighted by Gasteiger charge is 2.27. The maximum absolute atomic E-state index is 12.5. The molecule has 1 N–H and O–H groups in total. The van der Waals surface area contributed by atoms with Crippen molar-refractivity contribution in [3.05, 3.63) is 53.2 Å². The number of carbonyl (C=O) groups excluding carboxylic acids is 1. The van der Waals surface area contributed by atoms with E-state index in [4.69, 9.17) is 0 Å². The number of aromatic nitrogens is 5. The molecule has 0 bridgehead atoms. The van der Waals surface area contributed by atoms with Gasteiger partial charge in [-0.15, -0.1) is 11.3 Å². The molecular formula is C19H21N7OS. The van der Waals surface area contributed by atoms with Crippen LogP contribution in [0.1, 0.15) is 29.6 Å². The zero-order chi connectivity index (χ0) is 19.5. The molecule has 1 aliphatic rings. The Hall–Kier alpha value is -3.07. The minimum Gasteiger partial charge on any atom is -0.338 e. The number of likely N-dealkylation sites (tertiary alicyclic amines) is 1. The van der Waals surface area contributed by atoms with Crippen LogP contribution in [0.4, 0.5) is 10.9 Å². The van der Waals surface area contributed by atoms with Gasteiger partial charge in [-0.25, -0.2) is 15.0 Å². The quantitative estimate of drug-likeness (QED) is 0.668. The first kappa shape index (κ1) is 18.3. The van der Waals surface area contributed by atoms with Gasteiger partial charge in [-0.2, -0.15) is 5.10 Å². The molecule has 3 aromatic heterocycles. The first-order valence-corrected chi connectivity index (χ1v) is 9.93. The lowest BCUT2D eigenvalue weighted by molar-refractivity contribution is -0.124. The summed E-state index contributed by atoms with van der Waals surface area (Å²) in [7, 11) is 1.85. The van der Waals surface area contributed by atoms with Gasteiger partial charge in [-0.3, -0.25) is 9.48 Å². The summed E-state index contributed by atoms with van der Waals surface area (Å²) in [5, 5.41) is 10.0. The summed E-state index contributed by atoms with van der Waals surface area (Å²) in [5.41, 5.74) is 1.85. The van der Waals surface area contributed by atoms with Gasteiger partial charge in [0.15, 0.2) is 5.13 Å². The van der Waals surface area contributed by atoms with Crippen LogP contribution in [0, 0.1) is 6.92 Å². The van der Waals surface area contributed by atoms with Gasteiger partial charge in [0.25, 0.3) is 0 Å². The number of nitrogens with zero attached hydrogens (tertiary/aromatic N) is 6. The van der Waals surface area contributed by atoms with Crippen molar-refractivity contribution >= 4 is 34.3 Å². The molecule has 1 fully saturated rings. The molecule has 1 aliphatic heterocycles. The van der Waals surface area contributed by atoms with Crippen molar-refractivity contribution in [1.82, 2.24) is 29.6 Å². The Kier molecular flexibility index (Phi) is 5.16. The lowest BCUT2D eigenvalue weighted by Crippen LogP contribution is -2.26. The maximum Gasteiger partial charge on any atom is 0.246 e. The van der Waals surface area contributed by atoms with E-state index in [1.165, 1.54) is 11.3 Å². The van der Waals surface area contributed by atoms with Crippen LogP contribution in [0.2, 0.25) is 0 Å². The molecule has 0 aromatic carbocycles. The summed E-state index contributed by atoms with van der Waals surface area (Å²) >= 11 is 1.52. The van der Waals surface area contributed by atoms with Crippen molar-refractivity contribution in [3.8, 4) is 0 Å². The fraction of sp³-hybridized carbons (Fsp3) is 0.316. The molecule has 8 nitrogen and oxygen atoms in total. The summed E-state index contributed by atoms with van der Waals surface area (Å²) in [4.78, 5) is 27.7. The number of thiazole rings is 1. The molecule has 3 aromatic rings. The van der Waals surface area contributed by atoms with Crippen LogP contribution in [-0.4, -0.2) is 48.6 Å². The third-order valence-electron chi connectivity index (χ3n) is 4.70. The Morgan fingerprint density at radius 2 is 2.25 bits per heavy atom. The summed E-state index contributed by atoms with van der Waals surface area (Å²) in [6, 6.07) is 3.83. The molecule has 144 valence electrons. The van der Waals surface area contributed by atoms with E-state index in [1.807, 2.05) is 36.4 Å². The Bertz CT molecular complexity index is 996. The number of carbonyl (C=O) groups is 1. The van der Waals surface area contributed by atoms with E-state index in [0.717, 1.165) is 35.3 Å². The van der Waals surface area contributed by atoms with E-state index < -0.39 is 0 Å². The van der Waals surface area contributed by atoms with Crippen molar-refractivity contribution in [2.24, 2.45) is 7.05 Å². The fourth-order valence-electron chi connectivity index (χ4n) is 3.27. The van der Waals surface area contributed by atoms with Gasteiger partial charge < -0.3 is 10.2 Å². The summed E-state index contributed by atoms with van der Waals surface area (Å²) in [6.07, 6.45) is 7.76. The SMILES string of the molecule is Cc1nc(Nc2nccs2)cc([C@@H]2CCN(C(=O)/C=C/c3ccnn3C)C2)n1. The Morgan fingerprint density at radius 3 is 3.00 bits per heavy atom. The Morgan fingerprint density at radius 1 is 1.36 bits per heavy atom. The van der Waals surface area contributed by atoms with Gasteiger partial charge in [0.05, 0.1) is 11.4 Å². The molecule has 0 radical (unpaired) electrons. The molecule has 9 heteroatoms. The molecular weight excluding hydrogens is 374 g/mol. The average Bonchev–Trinajstić information content (AvgIpc) is 3.41. The Balaban J connectivity index is 1.43. The fourth-order valence-corrected chi connectivity index (χ4v) is 3.81. The van der Waals surface area contributed by atoms with Crippen LogP contribution >= 0.6 is 11.3 Å². The van der Waals surface area contributed by atoms with Crippen LogP contribution < -0.4 is 5.32 Å². The third kappa shape index (κ3) is 4.09. The molecule has 0 aliphatic carbocycles. The van der Waals surface area contributed by atoms with Crippen molar-refractivity contribution in [2.75, 3.05) is 18.4 Å². The van der Waals surface area contributed by atoms with Gasteiger partial charge in [0.2, 0.25) is 5.91 Å². The molecule has 4 heterocycles. The first-order valence-electron chi connectivity index (χ1n) is 9.05. The number of nitrogens with one attached hydrogen (secondary N) is 1. The first-order chi connectivity index (χ1) is 13.6. The number of aryl methyl sites for hydroxylation is 2. The molecule has 28 heavy (non-hydrogen) atoms. The predicted molar refractivity (Wildman–Crippen MR) is 108 cm³/mol. The zero-order valence-corrected chi connectivity index (χ0v) is 16.6. The Labute approximate surface area is 167 Å². The van der Waals surface area contributed by atoms with Crippen LogP contribution in [0.25, 0.3) is 6.08 Å². The van der Waals surface area contributed by atoms with E-state index in [0.29, 0.717) is 12.4 Å². The summed E-state index contributed by atoms with van der Waals surface area (Å²) < 4.78 is 1.73. The predicted octanol–water partition coefficient (Wildman–Crippen LogP) is 2.75. The van der Waals surface area contributed by atoms with Crippen molar-refractivity contribution in [3.63, 3.8) is 0 Å². The second kappa shape index (κ2) is 7.89. The van der Waals surface area contributed by atoms with Gasteiger partial charge in [-0.1, -0.05) is 0 Å². The van der Waals surface area contributed by atoms with Gasteiger partial charge in [0, 0.05) is 56.0 Å².